The Morgan fingerprint density at radius 2 is 1.74 bits per heavy atom. The molecule has 2 N–H and O–H groups in total. The minimum atomic E-state index is 0.419. The maximum absolute atomic E-state index is 4.88. The maximum atomic E-state index is 4.88. The van der Waals surface area contributed by atoms with Crippen LogP contribution in [0.1, 0.15) is 75.3 Å². The van der Waals surface area contributed by atoms with Gasteiger partial charge in [0.15, 0.2) is 0 Å². The molecule has 1 saturated carbocycles. The summed E-state index contributed by atoms with van der Waals surface area (Å²) in [5, 5.41) is 7.47. The van der Waals surface area contributed by atoms with Crippen LogP contribution in [0, 0.1) is 6.92 Å². The van der Waals surface area contributed by atoms with Crippen molar-refractivity contribution in [3.05, 3.63) is 95.2 Å². The second-order valence-electron chi connectivity index (χ2n) is 12.0. The van der Waals surface area contributed by atoms with Crippen molar-refractivity contribution in [3.8, 4) is 11.3 Å². The highest BCUT2D eigenvalue weighted by Crippen LogP contribution is 2.47. The lowest BCUT2D eigenvalue weighted by molar-refractivity contribution is 0.267. The number of benzene rings is 2. The van der Waals surface area contributed by atoms with E-state index in [1.54, 1.807) is 10.5 Å². The predicted molar refractivity (Wildman–Crippen MR) is 180 cm³/mol. The first-order valence-corrected chi connectivity index (χ1v) is 16.4. The van der Waals surface area contributed by atoms with Gasteiger partial charge in [0.1, 0.15) is 0 Å². The second kappa shape index (κ2) is 12.8. The van der Waals surface area contributed by atoms with Crippen LogP contribution < -0.4 is 10.6 Å². The average Bonchev–Trinajstić information content (AvgIpc) is 3.47. The number of thioether (sulfide) groups is 1. The third kappa shape index (κ3) is 6.29. The molecule has 3 aromatic rings. The van der Waals surface area contributed by atoms with E-state index in [1.165, 1.54) is 57.8 Å². The number of hydrogen-bond donors (Lipinski definition) is 2. The van der Waals surface area contributed by atoms with Gasteiger partial charge in [0, 0.05) is 47.6 Å². The molecule has 2 heterocycles. The third-order valence-corrected chi connectivity index (χ3v) is 10.7. The van der Waals surface area contributed by atoms with Crippen LogP contribution in [0.15, 0.2) is 84.1 Å². The Balaban J connectivity index is 1.11. The molecule has 0 spiro atoms. The predicted octanol–water partition coefficient (Wildman–Crippen LogP) is 9.69. The van der Waals surface area contributed by atoms with Gasteiger partial charge in [0.05, 0.1) is 10.9 Å². The molecule has 1 fully saturated rings. The summed E-state index contributed by atoms with van der Waals surface area (Å²) in [7, 11) is 2.18. The van der Waals surface area contributed by atoms with Crippen LogP contribution in [0.25, 0.3) is 17.0 Å². The van der Waals surface area contributed by atoms with E-state index in [2.05, 4.69) is 90.1 Å². The normalized spacial score (nSPS) is 18.9. The maximum Gasteiger partial charge on any atom is 0.227 e. The summed E-state index contributed by atoms with van der Waals surface area (Å²) < 4.78 is 0. The molecule has 0 radical (unpaired) electrons. The lowest BCUT2D eigenvalue weighted by Gasteiger charge is -2.34. The van der Waals surface area contributed by atoms with Crippen LogP contribution in [-0.2, 0) is 0 Å². The SMILES string of the molecule is C=C(Nc1cccc(-c2ccnc(Nc3ccc(C(=C)N(C)C4CCCCC4)cc3)n2)c1C)C1CC2=C(CCCC2)S1. The zero-order valence-electron chi connectivity index (χ0n) is 25.1. The van der Waals surface area contributed by atoms with Crippen LogP contribution >= 0.6 is 11.8 Å². The number of anilines is 3. The first-order chi connectivity index (χ1) is 20.5. The number of nitrogens with one attached hydrogen (secondary N) is 2. The number of rotatable bonds is 9. The Morgan fingerprint density at radius 3 is 2.52 bits per heavy atom. The fraction of sp³-hybridized carbons (Fsp3) is 0.389. The summed E-state index contributed by atoms with van der Waals surface area (Å²) in [4.78, 5) is 13.4. The fourth-order valence-electron chi connectivity index (χ4n) is 6.57. The van der Waals surface area contributed by atoms with E-state index in [0.717, 1.165) is 51.6 Å². The van der Waals surface area contributed by atoms with Gasteiger partial charge >= 0.3 is 0 Å². The zero-order valence-corrected chi connectivity index (χ0v) is 25.9. The van der Waals surface area contributed by atoms with E-state index >= 15 is 0 Å². The summed E-state index contributed by atoms with van der Waals surface area (Å²) in [6, 6.07) is 17.4. The van der Waals surface area contributed by atoms with Gasteiger partial charge in [-0.2, -0.15) is 0 Å². The molecule has 6 rings (SSSR count). The monoisotopic (exact) mass is 577 g/mol. The number of aromatic nitrogens is 2. The third-order valence-electron chi connectivity index (χ3n) is 9.21. The van der Waals surface area contributed by atoms with Crippen molar-refractivity contribution in [1.29, 1.82) is 0 Å². The highest BCUT2D eigenvalue weighted by Gasteiger charge is 2.28. The van der Waals surface area contributed by atoms with Crippen LogP contribution in [-0.4, -0.2) is 33.2 Å². The van der Waals surface area contributed by atoms with Crippen molar-refractivity contribution in [2.24, 2.45) is 0 Å². The van der Waals surface area contributed by atoms with Crippen molar-refractivity contribution >= 4 is 34.8 Å². The molecule has 2 aromatic carbocycles. The molecule has 3 aliphatic rings. The van der Waals surface area contributed by atoms with Gasteiger partial charge < -0.3 is 15.5 Å². The van der Waals surface area contributed by atoms with Crippen LogP contribution in [0.3, 0.4) is 0 Å². The van der Waals surface area contributed by atoms with E-state index in [0.29, 0.717) is 17.2 Å². The molecule has 6 heteroatoms. The van der Waals surface area contributed by atoms with E-state index in [4.69, 9.17) is 4.98 Å². The zero-order chi connectivity index (χ0) is 29.1. The van der Waals surface area contributed by atoms with Crippen molar-refractivity contribution < 1.29 is 0 Å². The summed E-state index contributed by atoms with van der Waals surface area (Å²) in [5.41, 5.74) is 10.2. The molecule has 0 bridgehead atoms. The van der Waals surface area contributed by atoms with Gasteiger partial charge in [0.25, 0.3) is 0 Å². The van der Waals surface area contributed by atoms with E-state index in [9.17, 15) is 0 Å². The Bertz CT molecular complexity index is 1470. The molecular weight excluding hydrogens is 534 g/mol. The molecule has 1 aliphatic heterocycles. The van der Waals surface area contributed by atoms with Crippen molar-refractivity contribution in [2.45, 2.75) is 82.4 Å². The highest BCUT2D eigenvalue weighted by atomic mass is 32.2. The molecule has 1 unspecified atom stereocenters. The average molecular weight is 578 g/mol. The van der Waals surface area contributed by atoms with Gasteiger partial charge in [0.2, 0.25) is 5.95 Å². The Kier molecular flexibility index (Phi) is 8.71. The molecular formula is C36H43N5S. The van der Waals surface area contributed by atoms with E-state index in [-0.39, 0.29) is 0 Å². The standard InChI is InChI=1S/C36H43N5S/c1-24-31(14-10-15-32(24)38-25(2)35-23-28-11-8-9-16-34(28)42-35)33-21-22-37-36(40-33)39-29-19-17-27(18-20-29)26(3)41(4)30-12-6-5-7-13-30/h10,14-15,17-22,30,35,38H,2-3,5-9,11-13,16,23H2,1,4H3,(H,37,39,40). The van der Waals surface area contributed by atoms with Crippen LogP contribution in [0.2, 0.25) is 0 Å². The highest BCUT2D eigenvalue weighted by molar-refractivity contribution is 8.04. The smallest absolute Gasteiger partial charge is 0.227 e. The topological polar surface area (TPSA) is 53.1 Å². The van der Waals surface area contributed by atoms with Gasteiger partial charge in [-0.05, 0) is 92.2 Å². The Morgan fingerprint density at radius 1 is 0.952 bits per heavy atom. The first-order valence-electron chi connectivity index (χ1n) is 15.5. The summed E-state index contributed by atoms with van der Waals surface area (Å²) in [6.07, 6.45) is 14.7. The van der Waals surface area contributed by atoms with Gasteiger partial charge in [-0.15, -0.1) is 11.8 Å². The Hall–Kier alpha value is -3.51. The summed E-state index contributed by atoms with van der Waals surface area (Å²) in [6.45, 7) is 11.0. The van der Waals surface area contributed by atoms with E-state index in [1.807, 2.05) is 24.0 Å². The molecule has 5 nitrogen and oxygen atoms in total. The molecule has 0 saturated heterocycles. The lowest BCUT2D eigenvalue weighted by atomic mass is 9.93. The number of hydrogen-bond acceptors (Lipinski definition) is 6. The minimum absolute atomic E-state index is 0.419. The molecule has 218 valence electrons. The molecule has 1 aromatic heterocycles. The fourth-order valence-corrected chi connectivity index (χ4v) is 8.01. The number of allylic oxidation sites excluding steroid dienone is 2. The van der Waals surface area contributed by atoms with Crippen LogP contribution in [0.4, 0.5) is 17.3 Å². The lowest BCUT2D eigenvalue weighted by Crippen LogP contribution is -2.31. The number of nitrogens with zero attached hydrogens (tertiary/aromatic N) is 3. The van der Waals surface area contributed by atoms with Crippen molar-refractivity contribution in [2.75, 3.05) is 17.7 Å². The minimum Gasteiger partial charge on any atom is -0.372 e. The molecule has 1 atom stereocenters. The van der Waals surface area contributed by atoms with Gasteiger partial charge in [-0.3, -0.25) is 0 Å². The van der Waals surface area contributed by atoms with Crippen molar-refractivity contribution in [1.82, 2.24) is 14.9 Å². The molecule has 42 heavy (non-hydrogen) atoms. The van der Waals surface area contributed by atoms with Crippen molar-refractivity contribution in [3.63, 3.8) is 0 Å². The quantitative estimate of drug-likeness (QED) is 0.264. The Labute approximate surface area is 255 Å². The van der Waals surface area contributed by atoms with Crippen LogP contribution in [0.5, 0.6) is 0 Å². The van der Waals surface area contributed by atoms with Gasteiger partial charge in [-0.25, -0.2) is 9.97 Å². The summed E-state index contributed by atoms with van der Waals surface area (Å²) >= 11 is 2.02. The summed E-state index contributed by atoms with van der Waals surface area (Å²) in [5.74, 6) is 0.583. The molecule has 2 aliphatic carbocycles. The second-order valence-corrected chi connectivity index (χ2v) is 13.3. The first kappa shape index (κ1) is 28.6. The largest absolute Gasteiger partial charge is 0.372 e. The molecule has 0 amide bonds. The van der Waals surface area contributed by atoms with E-state index < -0.39 is 0 Å². The van der Waals surface area contributed by atoms with Gasteiger partial charge in [-0.1, -0.05) is 62.3 Å².